The Bertz CT molecular complexity index is 897. The lowest BCUT2D eigenvalue weighted by molar-refractivity contribution is -0.141. The van der Waals surface area contributed by atoms with E-state index in [0.717, 1.165) is 5.56 Å². The third kappa shape index (κ3) is 3.98. The first-order chi connectivity index (χ1) is 12.2. The molecule has 25 heavy (non-hydrogen) atoms. The Labute approximate surface area is 144 Å². The summed E-state index contributed by atoms with van der Waals surface area (Å²) in [5, 5.41) is 2.84. The normalized spacial score (nSPS) is 11.7. The summed E-state index contributed by atoms with van der Waals surface area (Å²) >= 11 is 0. The number of para-hydroxylation sites is 2. The van der Waals surface area contributed by atoms with Gasteiger partial charge >= 0.3 is 5.97 Å². The van der Waals surface area contributed by atoms with Gasteiger partial charge in [0.1, 0.15) is 5.69 Å². The lowest BCUT2D eigenvalue weighted by Crippen LogP contribution is -2.31. The van der Waals surface area contributed by atoms with Crippen molar-refractivity contribution in [1.82, 2.24) is 15.3 Å². The molecule has 6 nitrogen and oxygen atoms in total. The highest BCUT2D eigenvalue weighted by atomic mass is 16.5. The predicted molar refractivity (Wildman–Crippen MR) is 92.8 cm³/mol. The summed E-state index contributed by atoms with van der Waals surface area (Å²) in [4.78, 5) is 32.8. The van der Waals surface area contributed by atoms with Gasteiger partial charge in [0.15, 0.2) is 0 Å². The Morgan fingerprint density at radius 1 is 1.04 bits per heavy atom. The Balaban J connectivity index is 1.84. The summed E-state index contributed by atoms with van der Waals surface area (Å²) in [6.45, 7) is 0. The van der Waals surface area contributed by atoms with Gasteiger partial charge in [0, 0.05) is 0 Å². The van der Waals surface area contributed by atoms with Crippen LogP contribution in [0.5, 0.6) is 0 Å². The first kappa shape index (κ1) is 16.6. The van der Waals surface area contributed by atoms with E-state index >= 15 is 0 Å². The number of hydrogen-bond donors (Lipinski definition) is 1. The van der Waals surface area contributed by atoms with Gasteiger partial charge in [0.2, 0.25) is 0 Å². The van der Waals surface area contributed by atoms with Crippen molar-refractivity contribution in [3.63, 3.8) is 0 Å². The molecule has 1 N–H and O–H groups in total. The van der Waals surface area contributed by atoms with Gasteiger partial charge < -0.3 is 10.1 Å². The smallest absolute Gasteiger partial charge is 0.307 e. The van der Waals surface area contributed by atoms with E-state index in [-0.39, 0.29) is 12.1 Å². The zero-order chi connectivity index (χ0) is 17.6. The van der Waals surface area contributed by atoms with Gasteiger partial charge in [-0.15, -0.1) is 0 Å². The van der Waals surface area contributed by atoms with Crippen molar-refractivity contribution in [2.24, 2.45) is 0 Å². The van der Waals surface area contributed by atoms with Gasteiger partial charge in [0.25, 0.3) is 5.91 Å². The largest absolute Gasteiger partial charge is 0.469 e. The second-order valence-electron chi connectivity index (χ2n) is 5.46. The van der Waals surface area contributed by atoms with Crippen LogP contribution >= 0.6 is 0 Å². The fraction of sp³-hybridized carbons (Fsp3) is 0.158. The van der Waals surface area contributed by atoms with Crippen LogP contribution < -0.4 is 5.32 Å². The maximum absolute atomic E-state index is 12.6. The molecule has 3 aromatic rings. The van der Waals surface area contributed by atoms with E-state index < -0.39 is 17.9 Å². The third-order valence-electron chi connectivity index (χ3n) is 3.79. The maximum Gasteiger partial charge on any atom is 0.307 e. The molecular formula is C19H17N3O3. The summed E-state index contributed by atoms with van der Waals surface area (Å²) in [6.07, 6.45) is 1.46. The molecule has 0 aliphatic heterocycles. The van der Waals surface area contributed by atoms with Crippen LogP contribution in [0.2, 0.25) is 0 Å². The number of esters is 1. The highest BCUT2D eigenvalue weighted by Crippen LogP contribution is 2.18. The van der Waals surface area contributed by atoms with Gasteiger partial charge in [-0.1, -0.05) is 42.5 Å². The van der Waals surface area contributed by atoms with Crippen molar-refractivity contribution in [1.29, 1.82) is 0 Å². The van der Waals surface area contributed by atoms with Crippen LogP contribution in [0.1, 0.15) is 28.5 Å². The molecule has 0 fully saturated rings. The topological polar surface area (TPSA) is 81.2 Å². The Kier molecular flexibility index (Phi) is 4.99. The van der Waals surface area contributed by atoms with Crippen LogP contribution in [0.3, 0.4) is 0 Å². The summed E-state index contributed by atoms with van der Waals surface area (Å²) in [5.41, 5.74) is 2.37. The monoisotopic (exact) mass is 335 g/mol. The Morgan fingerprint density at radius 2 is 1.72 bits per heavy atom. The summed E-state index contributed by atoms with van der Waals surface area (Å²) in [5.74, 6) is -0.797. The van der Waals surface area contributed by atoms with Crippen molar-refractivity contribution in [2.75, 3.05) is 7.11 Å². The number of methoxy groups -OCH3 is 1. The van der Waals surface area contributed by atoms with Crippen LogP contribution in [0, 0.1) is 0 Å². The van der Waals surface area contributed by atoms with Crippen LogP contribution in [0.4, 0.5) is 0 Å². The predicted octanol–water partition coefficient (Wildman–Crippen LogP) is 2.66. The van der Waals surface area contributed by atoms with Crippen LogP contribution in [-0.2, 0) is 9.53 Å². The van der Waals surface area contributed by atoms with Crippen molar-refractivity contribution >= 4 is 22.9 Å². The van der Waals surface area contributed by atoms with Gasteiger partial charge in [-0.2, -0.15) is 0 Å². The zero-order valence-corrected chi connectivity index (χ0v) is 13.7. The molecule has 0 aliphatic rings. The second kappa shape index (κ2) is 7.53. The fourth-order valence-corrected chi connectivity index (χ4v) is 2.49. The Morgan fingerprint density at radius 3 is 2.44 bits per heavy atom. The summed E-state index contributed by atoms with van der Waals surface area (Å²) < 4.78 is 4.73. The minimum Gasteiger partial charge on any atom is -0.469 e. The van der Waals surface area contributed by atoms with Gasteiger partial charge in [-0.3, -0.25) is 14.6 Å². The van der Waals surface area contributed by atoms with E-state index in [1.54, 1.807) is 6.07 Å². The molecule has 0 radical (unpaired) electrons. The Hall–Kier alpha value is -3.28. The van der Waals surface area contributed by atoms with Gasteiger partial charge in [-0.25, -0.2) is 4.98 Å². The van der Waals surface area contributed by atoms with Crippen molar-refractivity contribution < 1.29 is 14.3 Å². The van der Waals surface area contributed by atoms with E-state index in [9.17, 15) is 9.59 Å². The molecule has 3 rings (SSSR count). The SMILES string of the molecule is COC(=O)C[C@@H](NC(=O)c1cnc2ccccc2n1)c1ccccc1. The molecule has 0 saturated carbocycles. The lowest BCUT2D eigenvalue weighted by atomic mass is 10.0. The molecule has 1 aromatic heterocycles. The quantitative estimate of drug-likeness (QED) is 0.725. The van der Waals surface area contributed by atoms with Crippen LogP contribution in [0.25, 0.3) is 11.0 Å². The average Bonchev–Trinajstić information content (AvgIpc) is 2.67. The molecule has 0 saturated heterocycles. The first-order valence-electron chi connectivity index (χ1n) is 7.82. The number of amides is 1. The number of carbonyl (C=O) groups is 2. The number of fused-ring (bicyclic) bond motifs is 1. The first-order valence-corrected chi connectivity index (χ1v) is 7.82. The maximum atomic E-state index is 12.6. The molecule has 0 spiro atoms. The molecule has 1 heterocycles. The van der Waals surface area contributed by atoms with E-state index in [4.69, 9.17) is 4.74 Å². The van der Waals surface area contributed by atoms with Gasteiger partial charge in [0.05, 0.1) is 36.8 Å². The highest BCUT2D eigenvalue weighted by molar-refractivity contribution is 5.94. The number of nitrogens with zero attached hydrogens (tertiary/aromatic N) is 2. The van der Waals surface area contributed by atoms with Crippen LogP contribution in [-0.4, -0.2) is 29.0 Å². The molecule has 0 bridgehead atoms. The number of carbonyl (C=O) groups excluding carboxylic acids is 2. The van der Waals surface area contributed by atoms with E-state index in [1.165, 1.54) is 13.3 Å². The van der Waals surface area contributed by atoms with E-state index in [0.29, 0.717) is 11.0 Å². The number of benzene rings is 2. The molecule has 0 unspecified atom stereocenters. The molecule has 1 amide bonds. The number of ether oxygens (including phenoxy) is 1. The third-order valence-corrected chi connectivity index (χ3v) is 3.79. The molecular weight excluding hydrogens is 318 g/mol. The zero-order valence-electron chi connectivity index (χ0n) is 13.7. The fourth-order valence-electron chi connectivity index (χ4n) is 2.49. The van der Waals surface area contributed by atoms with Crippen molar-refractivity contribution in [3.05, 3.63) is 72.1 Å². The molecule has 2 aromatic carbocycles. The van der Waals surface area contributed by atoms with Crippen molar-refractivity contribution in [2.45, 2.75) is 12.5 Å². The number of nitrogens with one attached hydrogen (secondary N) is 1. The lowest BCUT2D eigenvalue weighted by Gasteiger charge is -2.18. The van der Waals surface area contributed by atoms with E-state index in [1.807, 2.05) is 48.5 Å². The average molecular weight is 335 g/mol. The van der Waals surface area contributed by atoms with Gasteiger partial charge in [-0.05, 0) is 17.7 Å². The minimum absolute atomic E-state index is 0.0350. The second-order valence-corrected chi connectivity index (χ2v) is 5.46. The molecule has 0 aliphatic carbocycles. The minimum atomic E-state index is -0.505. The highest BCUT2D eigenvalue weighted by Gasteiger charge is 2.20. The van der Waals surface area contributed by atoms with Crippen molar-refractivity contribution in [3.8, 4) is 0 Å². The molecule has 6 heteroatoms. The van der Waals surface area contributed by atoms with E-state index in [2.05, 4.69) is 15.3 Å². The van der Waals surface area contributed by atoms with Crippen LogP contribution in [0.15, 0.2) is 60.8 Å². The summed E-state index contributed by atoms with van der Waals surface area (Å²) in [7, 11) is 1.32. The number of aromatic nitrogens is 2. The number of rotatable bonds is 5. The molecule has 1 atom stereocenters. The standard InChI is InChI=1S/C19H17N3O3/c1-25-18(23)11-16(13-7-3-2-4-8-13)22-19(24)17-12-20-14-9-5-6-10-15(14)21-17/h2-10,12,16H,11H2,1H3,(H,22,24)/t16-/m1/s1. The molecule has 126 valence electrons. The summed E-state index contributed by atoms with van der Waals surface area (Å²) in [6, 6.07) is 16.1. The number of hydrogen-bond acceptors (Lipinski definition) is 5.